The van der Waals surface area contributed by atoms with Crippen LogP contribution in [0.25, 0.3) is 0 Å². The van der Waals surface area contributed by atoms with E-state index in [0.717, 1.165) is 36.4 Å². The van der Waals surface area contributed by atoms with E-state index in [0.29, 0.717) is 19.0 Å². The molecule has 4 N–H and O–H groups in total. The number of carbonyl (C=O) groups excluding carboxylic acids is 2. The van der Waals surface area contributed by atoms with Crippen molar-refractivity contribution >= 4 is 78.0 Å². The predicted molar refractivity (Wildman–Crippen MR) is 161 cm³/mol. The van der Waals surface area contributed by atoms with Crippen LogP contribution in [0.5, 0.6) is 11.5 Å². The highest BCUT2D eigenvalue weighted by Crippen LogP contribution is 2.39. The number of urea groups is 2. The topological polar surface area (TPSA) is 191 Å². The molecule has 14 nitrogen and oxygen atoms in total. The van der Waals surface area contributed by atoms with E-state index >= 15 is 0 Å². The van der Waals surface area contributed by atoms with Crippen molar-refractivity contribution in [1.82, 2.24) is 0 Å². The fourth-order valence-corrected chi connectivity index (χ4v) is 4.45. The number of nitro benzene ring substituents is 2. The molecule has 0 fully saturated rings. The molecule has 0 heterocycles. The van der Waals surface area contributed by atoms with Gasteiger partial charge in [-0.1, -0.05) is 24.3 Å². The molecule has 0 aliphatic rings. The fraction of sp³-hybridized carbons (Fsp3) is 0. The van der Waals surface area contributed by atoms with Crippen LogP contribution >= 0.6 is 31.9 Å². The van der Waals surface area contributed by atoms with E-state index in [-0.39, 0.29) is 11.4 Å². The number of hydrazine groups is 1. The quantitative estimate of drug-likeness (QED) is 0.120. The van der Waals surface area contributed by atoms with Crippen molar-refractivity contribution in [3.63, 3.8) is 0 Å². The number of anilines is 4. The molecule has 0 saturated carbocycles. The molecule has 0 saturated heterocycles. The van der Waals surface area contributed by atoms with Crippen molar-refractivity contribution in [1.29, 1.82) is 0 Å². The maximum Gasteiger partial charge on any atom is 0.346 e. The summed E-state index contributed by atoms with van der Waals surface area (Å²) >= 11 is 6.61. The molecule has 0 aromatic heterocycles. The summed E-state index contributed by atoms with van der Waals surface area (Å²) in [4.78, 5) is 48.9. The SMILES string of the molecule is O=C(Nc1ccccc1Br)N(c1ccc([N+](=O)[O-])cc1O)N(C(=O)Nc1ccccc1Br)c1ccc([N+](=O)[O-])cc1O. The van der Waals surface area contributed by atoms with Crippen molar-refractivity contribution in [2.75, 3.05) is 20.7 Å². The summed E-state index contributed by atoms with van der Waals surface area (Å²) in [6, 6.07) is 16.4. The third-order valence-electron chi connectivity index (χ3n) is 5.61. The van der Waals surface area contributed by atoms with Crippen LogP contribution in [0.1, 0.15) is 0 Å². The van der Waals surface area contributed by atoms with Crippen molar-refractivity contribution in [3.8, 4) is 11.5 Å². The van der Waals surface area contributed by atoms with E-state index in [1.54, 1.807) is 36.4 Å². The Labute approximate surface area is 253 Å². The van der Waals surface area contributed by atoms with Gasteiger partial charge >= 0.3 is 12.1 Å². The molecule has 214 valence electrons. The number of phenols is 2. The second kappa shape index (κ2) is 12.5. The molecule has 0 bridgehead atoms. The van der Waals surface area contributed by atoms with Gasteiger partial charge in [-0.05, 0) is 68.3 Å². The first-order valence-electron chi connectivity index (χ1n) is 11.6. The normalized spacial score (nSPS) is 10.4. The molecule has 0 radical (unpaired) electrons. The van der Waals surface area contributed by atoms with Gasteiger partial charge in [0.1, 0.15) is 22.9 Å². The largest absolute Gasteiger partial charge is 0.505 e. The highest BCUT2D eigenvalue weighted by Gasteiger charge is 2.35. The highest BCUT2D eigenvalue weighted by molar-refractivity contribution is 9.11. The molecule has 4 aromatic rings. The van der Waals surface area contributed by atoms with Crippen LogP contribution in [0.2, 0.25) is 0 Å². The number of phenolic OH excluding ortho intramolecular Hbond substituents is 2. The van der Waals surface area contributed by atoms with Crippen LogP contribution in [0.4, 0.5) is 43.7 Å². The maximum absolute atomic E-state index is 13.9. The molecule has 0 aliphatic carbocycles. The summed E-state index contributed by atoms with van der Waals surface area (Å²) in [5, 5.41) is 50.6. The number of halogens is 2. The molecule has 16 heteroatoms. The van der Waals surface area contributed by atoms with Crippen LogP contribution in [0.3, 0.4) is 0 Å². The zero-order chi connectivity index (χ0) is 30.6. The Morgan fingerprint density at radius 3 is 1.31 bits per heavy atom. The molecule has 42 heavy (non-hydrogen) atoms. The first-order valence-corrected chi connectivity index (χ1v) is 13.2. The molecule has 4 aromatic carbocycles. The van der Waals surface area contributed by atoms with Gasteiger partial charge in [0.25, 0.3) is 11.4 Å². The molecular weight excluding hydrogens is 684 g/mol. The summed E-state index contributed by atoms with van der Waals surface area (Å²) in [7, 11) is 0. The Balaban J connectivity index is 1.94. The van der Waals surface area contributed by atoms with Crippen molar-refractivity contribution < 1.29 is 29.6 Å². The number of amides is 4. The minimum absolute atomic E-state index is 0.244. The van der Waals surface area contributed by atoms with Gasteiger partial charge in [0.05, 0.1) is 33.4 Å². The lowest BCUT2D eigenvalue weighted by molar-refractivity contribution is -0.385. The number of carbonyl (C=O) groups is 2. The number of rotatable bonds is 6. The smallest absolute Gasteiger partial charge is 0.346 e. The van der Waals surface area contributed by atoms with Gasteiger partial charge in [-0.3, -0.25) is 20.2 Å². The third-order valence-corrected chi connectivity index (χ3v) is 6.99. The molecule has 0 aliphatic heterocycles. The van der Waals surface area contributed by atoms with E-state index in [1.807, 2.05) is 0 Å². The Morgan fingerprint density at radius 1 is 0.643 bits per heavy atom. The molecule has 0 atom stereocenters. The lowest BCUT2D eigenvalue weighted by Crippen LogP contribution is -2.54. The van der Waals surface area contributed by atoms with Gasteiger partial charge in [0.15, 0.2) is 0 Å². The molecular formula is C26H18Br2N6O8. The van der Waals surface area contributed by atoms with Crippen molar-refractivity contribution in [2.45, 2.75) is 0 Å². The second-order valence-electron chi connectivity index (χ2n) is 8.30. The lowest BCUT2D eigenvalue weighted by atomic mass is 10.2. The Bertz CT molecular complexity index is 1600. The van der Waals surface area contributed by atoms with Gasteiger partial charge in [-0.25, -0.2) is 9.59 Å². The summed E-state index contributed by atoms with van der Waals surface area (Å²) in [5.41, 5.74) is -1.36. The van der Waals surface area contributed by atoms with Crippen LogP contribution in [0.15, 0.2) is 93.9 Å². The van der Waals surface area contributed by atoms with Crippen molar-refractivity contribution in [2.24, 2.45) is 0 Å². The zero-order valence-electron chi connectivity index (χ0n) is 21.0. The van der Waals surface area contributed by atoms with Crippen LogP contribution in [0, 0.1) is 20.2 Å². The Kier molecular flexibility index (Phi) is 8.87. The van der Waals surface area contributed by atoms with Gasteiger partial charge in [-0.2, -0.15) is 10.0 Å². The predicted octanol–water partition coefficient (Wildman–Crippen LogP) is 7.13. The summed E-state index contributed by atoms with van der Waals surface area (Å²) < 4.78 is 0.905. The monoisotopic (exact) mass is 700 g/mol. The molecule has 4 amide bonds. The van der Waals surface area contributed by atoms with E-state index in [9.17, 15) is 40.0 Å². The number of para-hydroxylation sites is 2. The number of nitrogens with zero attached hydrogens (tertiary/aromatic N) is 4. The second-order valence-corrected chi connectivity index (χ2v) is 10.0. The first kappa shape index (κ1) is 29.8. The van der Waals surface area contributed by atoms with E-state index in [1.165, 1.54) is 12.1 Å². The van der Waals surface area contributed by atoms with Crippen LogP contribution in [-0.2, 0) is 0 Å². The Morgan fingerprint density at radius 2 is 1.00 bits per heavy atom. The first-order chi connectivity index (χ1) is 20.0. The number of benzene rings is 4. The van der Waals surface area contributed by atoms with Gasteiger partial charge in [0, 0.05) is 21.1 Å². The van der Waals surface area contributed by atoms with E-state index < -0.39 is 56.2 Å². The number of nitrogens with one attached hydrogen (secondary N) is 2. The number of nitro groups is 2. The number of aromatic hydroxyl groups is 2. The fourth-order valence-electron chi connectivity index (χ4n) is 3.69. The standard InChI is InChI=1S/C26H18Br2N6O8/c27-17-5-1-3-7-19(17)29-25(37)31(21-11-9-15(33(39)40)13-23(21)35)32(22-12-10-16(34(41)42)14-24(22)36)26(38)30-20-8-4-2-6-18(20)28/h1-14,35-36H,(H,29,37)(H,30,38). The van der Waals surface area contributed by atoms with Gasteiger partial charge in [0.2, 0.25) is 0 Å². The average Bonchev–Trinajstić information content (AvgIpc) is 2.94. The molecule has 4 rings (SSSR count). The third kappa shape index (κ3) is 6.39. The molecule has 0 spiro atoms. The summed E-state index contributed by atoms with van der Waals surface area (Å²) in [5.74, 6) is -1.54. The zero-order valence-corrected chi connectivity index (χ0v) is 24.1. The van der Waals surface area contributed by atoms with Gasteiger partial charge < -0.3 is 20.8 Å². The van der Waals surface area contributed by atoms with Crippen molar-refractivity contribution in [3.05, 3.63) is 114 Å². The van der Waals surface area contributed by atoms with E-state index in [2.05, 4.69) is 42.5 Å². The minimum atomic E-state index is -1.06. The minimum Gasteiger partial charge on any atom is -0.505 e. The number of hydrogen-bond donors (Lipinski definition) is 4. The summed E-state index contributed by atoms with van der Waals surface area (Å²) in [6.07, 6.45) is 0. The number of non-ortho nitro benzene ring substituents is 2. The van der Waals surface area contributed by atoms with Gasteiger partial charge in [-0.15, -0.1) is 0 Å². The van der Waals surface area contributed by atoms with Crippen LogP contribution < -0.4 is 20.7 Å². The Hall–Kier alpha value is -5.22. The van der Waals surface area contributed by atoms with E-state index in [4.69, 9.17) is 0 Å². The highest BCUT2D eigenvalue weighted by atomic mass is 79.9. The number of hydrogen-bond acceptors (Lipinski definition) is 8. The summed E-state index contributed by atoms with van der Waals surface area (Å²) in [6.45, 7) is 0. The van der Waals surface area contributed by atoms with Crippen LogP contribution in [-0.4, -0.2) is 32.1 Å². The lowest BCUT2D eigenvalue weighted by Gasteiger charge is -2.35. The average molecular weight is 702 g/mol. The maximum atomic E-state index is 13.9. The molecule has 0 unspecified atom stereocenters.